The number of nitrogens with one attached hydrogen (secondary N) is 1. The third-order valence-corrected chi connectivity index (χ3v) is 3.63. The summed E-state index contributed by atoms with van der Waals surface area (Å²) in [4.78, 5) is 13.0. The van der Waals surface area contributed by atoms with Crippen LogP contribution in [0, 0.1) is 11.8 Å². The maximum Gasteiger partial charge on any atom is 0.287 e. The summed E-state index contributed by atoms with van der Waals surface area (Å²) in [5, 5.41) is 4.78. The maximum atomic E-state index is 11.9. The number of furan rings is 1. The number of hydrogen-bond donors (Lipinski definition) is 2. The normalized spacial score (nSPS) is 9.90. The van der Waals surface area contributed by atoms with Crippen LogP contribution in [0.2, 0.25) is 0 Å². The smallest absolute Gasteiger partial charge is 0.287 e. The standard InChI is InChI=1S/C15H16N2O2S/c1-2-12-5-6-13(19-12)15(18)17-10-14-11(4-3-8-16)7-9-20-14/h5-7,9H,2,8,10,16H2,1H3,(H,17,18). The second-order valence-electron chi connectivity index (χ2n) is 4.07. The van der Waals surface area contributed by atoms with Crippen molar-refractivity contribution in [2.75, 3.05) is 6.54 Å². The van der Waals surface area contributed by atoms with E-state index in [1.54, 1.807) is 17.4 Å². The molecule has 2 aromatic rings. The lowest BCUT2D eigenvalue weighted by molar-refractivity contribution is 0.0922. The highest BCUT2D eigenvalue weighted by Crippen LogP contribution is 2.16. The first-order chi connectivity index (χ1) is 9.74. The van der Waals surface area contributed by atoms with Gasteiger partial charge in [0.25, 0.3) is 5.91 Å². The summed E-state index contributed by atoms with van der Waals surface area (Å²) in [6, 6.07) is 5.44. The minimum atomic E-state index is -0.212. The molecule has 2 rings (SSSR count). The molecule has 2 heterocycles. The van der Waals surface area contributed by atoms with Gasteiger partial charge in [-0.2, -0.15) is 0 Å². The Morgan fingerprint density at radius 1 is 1.45 bits per heavy atom. The van der Waals surface area contributed by atoms with Crippen molar-refractivity contribution in [2.45, 2.75) is 19.9 Å². The van der Waals surface area contributed by atoms with Crippen LogP contribution >= 0.6 is 11.3 Å². The molecule has 1 amide bonds. The van der Waals surface area contributed by atoms with E-state index < -0.39 is 0 Å². The van der Waals surface area contributed by atoms with Gasteiger partial charge in [-0.1, -0.05) is 18.8 Å². The molecule has 2 aromatic heterocycles. The number of thiophene rings is 1. The molecular formula is C15H16N2O2S. The molecule has 0 saturated carbocycles. The Hall–Kier alpha value is -2.03. The molecular weight excluding hydrogens is 272 g/mol. The fourth-order valence-corrected chi connectivity index (χ4v) is 2.44. The molecule has 0 aliphatic rings. The van der Waals surface area contributed by atoms with Crippen LogP contribution in [0.15, 0.2) is 28.0 Å². The largest absolute Gasteiger partial charge is 0.456 e. The summed E-state index contributed by atoms with van der Waals surface area (Å²) in [5.74, 6) is 6.74. The van der Waals surface area contributed by atoms with Crippen molar-refractivity contribution in [1.82, 2.24) is 5.32 Å². The van der Waals surface area contributed by atoms with Crippen LogP contribution in [0.3, 0.4) is 0 Å². The minimum Gasteiger partial charge on any atom is -0.456 e. The Balaban J connectivity index is 1.98. The molecule has 0 bridgehead atoms. The Morgan fingerprint density at radius 3 is 3.00 bits per heavy atom. The zero-order chi connectivity index (χ0) is 14.4. The van der Waals surface area contributed by atoms with Gasteiger partial charge in [0.05, 0.1) is 13.1 Å². The van der Waals surface area contributed by atoms with E-state index in [1.807, 2.05) is 24.4 Å². The van der Waals surface area contributed by atoms with Crippen molar-refractivity contribution in [3.8, 4) is 11.8 Å². The first-order valence-electron chi connectivity index (χ1n) is 6.36. The van der Waals surface area contributed by atoms with E-state index in [-0.39, 0.29) is 5.91 Å². The zero-order valence-corrected chi connectivity index (χ0v) is 12.0. The van der Waals surface area contributed by atoms with Crippen molar-refractivity contribution in [3.05, 3.63) is 45.5 Å². The van der Waals surface area contributed by atoms with Crippen LogP contribution < -0.4 is 11.1 Å². The molecule has 0 atom stereocenters. The molecule has 0 unspecified atom stereocenters. The third-order valence-electron chi connectivity index (χ3n) is 2.71. The van der Waals surface area contributed by atoms with Crippen molar-refractivity contribution in [2.24, 2.45) is 5.73 Å². The molecule has 0 radical (unpaired) electrons. The lowest BCUT2D eigenvalue weighted by atomic mass is 10.2. The third kappa shape index (κ3) is 3.50. The number of aryl methyl sites for hydroxylation is 1. The van der Waals surface area contributed by atoms with Crippen molar-refractivity contribution >= 4 is 17.2 Å². The van der Waals surface area contributed by atoms with E-state index in [9.17, 15) is 4.79 Å². The van der Waals surface area contributed by atoms with Gasteiger partial charge in [0.15, 0.2) is 5.76 Å². The maximum absolute atomic E-state index is 11.9. The molecule has 3 N–H and O–H groups in total. The van der Waals surface area contributed by atoms with Crippen LogP contribution in [0.4, 0.5) is 0 Å². The number of carbonyl (C=O) groups is 1. The molecule has 0 saturated heterocycles. The number of amides is 1. The lowest BCUT2D eigenvalue weighted by Gasteiger charge is -2.02. The van der Waals surface area contributed by atoms with Crippen LogP contribution in [-0.2, 0) is 13.0 Å². The summed E-state index contributed by atoms with van der Waals surface area (Å²) in [5.41, 5.74) is 6.27. The average molecular weight is 288 g/mol. The van der Waals surface area contributed by atoms with Gasteiger partial charge < -0.3 is 15.5 Å². The van der Waals surface area contributed by atoms with Crippen LogP contribution in [0.5, 0.6) is 0 Å². The van der Waals surface area contributed by atoms with Crippen LogP contribution in [-0.4, -0.2) is 12.5 Å². The van der Waals surface area contributed by atoms with Crippen LogP contribution in [0.25, 0.3) is 0 Å². The van der Waals surface area contributed by atoms with Gasteiger partial charge in [0.2, 0.25) is 0 Å². The predicted molar refractivity (Wildman–Crippen MR) is 79.5 cm³/mol. The van der Waals surface area contributed by atoms with Crippen molar-refractivity contribution in [1.29, 1.82) is 0 Å². The van der Waals surface area contributed by atoms with Gasteiger partial charge >= 0.3 is 0 Å². The number of rotatable bonds is 4. The average Bonchev–Trinajstić information content (AvgIpc) is 3.11. The van der Waals surface area contributed by atoms with Gasteiger partial charge in [0.1, 0.15) is 5.76 Å². The van der Waals surface area contributed by atoms with Gasteiger partial charge in [-0.3, -0.25) is 4.79 Å². The Morgan fingerprint density at radius 2 is 2.30 bits per heavy atom. The molecule has 0 aliphatic carbocycles. The topological polar surface area (TPSA) is 68.3 Å². The van der Waals surface area contributed by atoms with Gasteiger partial charge in [-0.15, -0.1) is 11.3 Å². The van der Waals surface area contributed by atoms with Crippen LogP contribution in [0.1, 0.15) is 33.7 Å². The quantitative estimate of drug-likeness (QED) is 0.847. The van der Waals surface area contributed by atoms with E-state index in [4.69, 9.17) is 10.2 Å². The first kappa shape index (κ1) is 14.4. The molecule has 104 valence electrons. The lowest BCUT2D eigenvalue weighted by Crippen LogP contribution is -2.22. The Bertz CT molecular complexity index is 646. The highest BCUT2D eigenvalue weighted by molar-refractivity contribution is 7.10. The van der Waals surface area contributed by atoms with E-state index in [0.717, 1.165) is 22.6 Å². The fourth-order valence-electron chi connectivity index (χ4n) is 1.67. The number of nitrogens with two attached hydrogens (primary N) is 1. The summed E-state index contributed by atoms with van der Waals surface area (Å²) in [6.07, 6.45) is 0.775. The summed E-state index contributed by atoms with van der Waals surface area (Å²) < 4.78 is 5.41. The second-order valence-corrected chi connectivity index (χ2v) is 5.07. The summed E-state index contributed by atoms with van der Waals surface area (Å²) in [6.45, 7) is 2.75. The molecule has 4 nitrogen and oxygen atoms in total. The predicted octanol–water partition coefficient (Wildman–Crippen LogP) is 2.14. The number of carbonyl (C=O) groups excluding carboxylic acids is 1. The zero-order valence-electron chi connectivity index (χ0n) is 11.2. The molecule has 20 heavy (non-hydrogen) atoms. The van der Waals surface area contributed by atoms with Crippen molar-refractivity contribution < 1.29 is 9.21 Å². The van der Waals surface area contributed by atoms with E-state index in [2.05, 4.69) is 17.2 Å². The van der Waals surface area contributed by atoms with E-state index >= 15 is 0 Å². The fraction of sp³-hybridized carbons (Fsp3) is 0.267. The number of hydrogen-bond acceptors (Lipinski definition) is 4. The molecule has 0 spiro atoms. The second kappa shape index (κ2) is 6.94. The Labute approximate surface area is 122 Å². The summed E-state index contributed by atoms with van der Waals surface area (Å²) in [7, 11) is 0. The van der Waals surface area contributed by atoms with Gasteiger partial charge in [-0.25, -0.2) is 0 Å². The molecule has 5 heteroatoms. The molecule has 0 aromatic carbocycles. The Kier molecular flexibility index (Phi) is 4.99. The van der Waals surface area contributed by atoms with Gasteiger partial charge in [-0.05, 0) is 23.6 Å². The first-order valence-corrected chi connectivity index (χ1v) is 7.24. The van der Waals surface area contributed by atoms with Crippen molar-refractivity contribution in [3.63, 3.8) is 0 Å². The molecule has 0 fully saturated rings. The minimum absolute atomic E-state index is 0.212. The van der Waals surface area contributed by atoms with E-state index in [0.29, 0.717) is 18.8 Å². The highest BCUT2D eigenvalue weighted by Gasteiger charge is 2.11. The molecule has 0 aliphatic heterocycles. The highest BCUT2D eigenvalue weighted by atomic mass is 32.1. The summed E-state index contributed by atoms with van der Waals surface area (Å²) >= 11 is 1.56. The van der Waals surface area contributed by atoms with E-state index in [1.165, 1.54) is 0 Å². The SMILES string of the molecule is CCc1ccc(C(=O)NCc2sccc2C#CCN)o1. The monoisotopic (exact) mass is 288 g/mol. The van der Waals surface area contributed by atoms with Gasteiger partial charge in [0, 0.05) is 16.9 Å².